The molecule has 44 heteroatoms. The Morgan fingerprint density at radius 3 is 0.588 bits per heavy atom. The van der Waals surface area contributed by atoms with Gasteiger partial charge in [0.2, 0.25) is 46.9 Å². The van der Waals surface area contributed by atoms with E-state index in [0.717, 1.165) is 25.7 Å². The van der Waals surface area contributed by atoms with Crippen molar-refractivity contribution in [3.05, 3.63) is 170 Å². The lowest BCUT2D eigenvalue weighted by Gasteiger charge is -2.21. The Hall–Kier alpha value is -13.4. The second kappa shape index (κ2) is 43.1. The number of carbonyl (C=O) groups excluding carboxylic acids is 4. The Morgan fingerprint density at radius 1 is 0.272 bits per heavy atom. The van der Waals surface area contributed by atoms with Gasteiger partial charge >= 0.3 is 0 Å². The van der Waals surface area contributed by atoms with Gasteiger partial charge in [-0.3, -0.25) is 37.4 Å². The fourth-order valence-corrected chi connectivity index (χ4v) is 22.2. The van der Waals surface area contributed by atoms with Crippen molar-refractivity contribution in [2.24, 2.45) is 23.7 Å². The molecule has 16 rings (SSSR count). The summed E-state index contributed by atoms with van der Waals surface area (Å²) in [6, 6.07) is 34.7. The highest BCUT2D eigenvalue weighted by Gasteiger charge is 2.41. The largest absolute Gasteiger partial charge is 0.494 e. The van der Waals surface area contributed by atoms with E-state index in [1.54, 1.807) is 159 Å². The maximum absolute atomic E-state index is 13.1. The molecule has 0 saturated carbocycles. The molecule has 4 aromatic carbocycles. The summed E-state index contributed by atoms with van der Waals surface area (Å²) in [6.07, 6.45) is 8.92. The van der Waals surface area contributed by atoms with E-state index in [9.17, 15) is 52.8 Å². The molecule has 728 valence electrons. The van der Waals surface area contributed by atoms with Gasteiger partial charge in [0.1, 0.15) is 91.8 Å². The third-order valence-corrected chi connectivity index (χ3v) is 30.1. The lowest BCUT2D eigenvalue weighted by molar-refractivity contribution is -0.132. The summed E-state index contributed by atoms with van der Waals surface area (Å²) < 4.78 is 178. The monoisotopic (exact) mass is 1950 g/mol. The van der Waals surface area contributed by atoms with E-state index in [-0.39, 0.29) is 167 Å². The third kappa shape index (κ3) is 22.2. The minimum Gasteiger partial charge on any atom is -0.494 e. The van der Waals surface area contributed by atoms with E-state index in [2.05, 4.69) is 40.8 Å². The minimum absolute atomic E-state index is 0.00951. The van der Waals surface area contributed by atoms with E-state index in [1.807, 2.05) is 55.4 Å². The van der Waals surface area contributed by atoms with Crippen LogP contribution in [0.1, 0.15) is 104 Å². The molecule has 0 unspecified atom stereocenters. The van der Waals surface area contributed by atoms with Crippen molar-refractivity contribution in [3.8, 4) is 115 Å². The SMILES string of the molecule is COc1cccc(OC)c1-n1c(CS(=O)(=O)CCN2C(=O)[C@@H](C)C[C@@H]2C)nnc1-c1ccco1.COc1cccc(OC)c1-n1c(CS(=O)(=O)CCN2C(=O)[C@@H](C)C[C@H]2C)nnc1-c1ccco1.COc1cccc(OC)c1-n1c(CS(=O)(=O)CCN2C(=O)[C@H](C)C[C@@H]2C)nnc1-c1ccco1.COc1cccc(OC)c1-n1c(CS(=O)(=O)CCN2C(=O)[C@H](C)C[C@H]2C)nnc1-c1ccco1. The molecule has 4 amide bonds. The predicted molar refractivity (Wildman–Crippen MR) is 498 cm³/mol. The summed E-state index contributed by atoms with van der Waals surface area (Å²) in [7, 11) is -2.45. The van der Waals surface area contributed by atoms with Gasteiger partial charge in [-0.05, 0) is 150 Å². The smallest absolute Gasteiger partial charge is 0.225 e. The lowest BCUT2D eigenvalue weighted by Crippen LogP contribution is -2.36. The third-order valence-electron chi connectivity index (χ3n) is 24.1. The summed E-state index contributed by atoms with van der Waals surface area (Å²) in [6.45, 7) is 15.8. The number of sulfone groups is 4. The molecule has 136 heavy (non-hydrogen) atoms. The van der Waals surface area contributed by atoms with Crippen LogP contribution in [0.2, 0.25) is 0 Å². The molecule has 0 bridgehead atoms. The first-order chi connectivity index (χ1) is 65.0. The van der Waals surface area contributed by atoms with Gasteiger partial charge in [-0.15, -0.1) is 40.8 Å². The van der Waals surface area contributed by atoms with Crippen LogP contribution in [0, 0.1) is 23.7 Å². The predicted octanol–water partition coefficient (Wildman–Crippen LogP) is 10.9. The second-order valence-electron chi connectivity index (χ2n) is 33.5. The van der Waals surface area contributed by atoms with Gasteiger partial charge in [-0.25, -0.2) is 33.7 Å². The molecule has 40 nitrogen and oxygen atoms in total. The molecule has 4 aliphatic rings. The van der Waals surface area contributed by atoms with E-state index in [1.165, 1.54) is 81.9 Å². The first-order valence-corrected chi connectivity index (χ1v) is 51.1. The minimum atomic E-state index is -3.64. The number of benzene rings is 4. The normalized spacial score (nSPS) is 18.5. The summed E-state index contributed by atoms with van der Waals surface area (Å²) in [5, 5.41) is 33.6. The number of aromatic nitrogens is 12. The van der Waals surface area contributed by atoms with Crippen LogP contribution in [-0.2, 0) is 81.5 Å². The molecule has 0 spiro atoms. The number of hydrogen-bond acceptors (Lipinski definition) is 32. The number of rotatable bonds is 36. The van der Waals surface area contributed by atoms with Crippen molar-refractivity contribution >= 4 is 63.0 Å². The molecule has 8 aromatic heterocycles. The molecular weight excluding hydrogens is 1840 g/mol. The van der Waals surface area contributed by atoms with E-state index in [0.29, 0.717) is 115 Å². The van der Waals surface area contributed by atoms with Crippen molar-refractivity contribution < 1.29 is 108 Å². The lowest BCUT2D eigenvalue weighted by atomic mass is 10.1. The summed E-state index contributed by atoms with van der Waals surface area (Å²) >= 11 is 0. The number of para-hydroxylation sites is 4. The van der Waals surface area contributed by atoms with Gasteiger partial charge in [0.25, 0.3) is 0 Å². The molecular formula is C92H112N16O24S4. The number of ether oxygens (including phenoxy) is 8. The number of nitrogens with zero attached hydrogens (tertiary/aromatic N) is 16. The van der Waals surface area contributed by atoms with Crippen LogP contribution in [0.4, 0.5) is 0 Å². The van der Waals surface area contributed by atoms with Gasteiger partial charge in [-0.2, -0.15) is 0 Å². The van der Waals surface area contributed by atoms with Gasteiger partial charge in [-0.1, -0.05) is 52.0 Å². The molecule has 4 saturated heterocycles. The van der Waals surface area contributed by atoms with Gasteiger partial charge in [0.05, 0.1) is 105 Å². The van der Waals surface area contributed by atoms with Crippen LogP contribution in [0.25, 0.3) is 69.1 Å². The first kappa shape index (κ1) is 100. The topological polar surface area (TPSA) is 467 Å². The number of furan rings is 4. The Kier molecular flexibility index (Phi) is 31.7. The van der Waals surface area contributed by atoms with Crippen molar-refractivity contribution in [3.63, 3.8) is 0 Å². The summed E-state index contributed by atoms with van der Waals surface area (Å²) in [5.41, 5.74) is 1.86. The van der Waals surface area contributed by atoms with Gasteiger partial charge in [0, 0.05) is 74.0 Å². The average Bonchev–Trinajstić information content (AvgIpc) is 1.55. The Morgan fingerprint density at radius 2 is 0.449 bits per heavy atom. The first-order valence-electron chi connectivity index (χ1n) is 43.8. The van der Waals surface area contributed by atoms with Crippen LogP contribution >= 0.6 is 0 Å². The number of amides is 4. The van der Waals surface area contributed by atoms with Crippen LogP contribution in [0.5, 0.6) is 46.0 Å². The fraction of sp³-hybridized carbons (Fsp3) is 0.435. The maximum Gasteiger partial charge on any atom is 0.225 e. The Bertz CT molecular complexity index is 5780. The van der Waals surface area contributed by atoms with E-state index in [4.69, 9.17) is 55.6 Å². The van der Waals surface area contributed by atoms with E-state index >= 15 is 0 Å². The maximum atomic E-state index is 13.1. The Balaban J connectivity index is 0.000000153. The molecule has 4 aliphatic heterocycles. The van der Waals surface area contributed by atoms with Crippen molar-refractivity contribution in [1.29, 1.82) is 0 Å². The Labute approximate surface area is 788 Å². The molecule has 12 aromatic rings. The van der Waals surface area contributed by atoms with Gasteiger partial charge in [0.15, 0.2) is 85.7 Å². The highest BCUT2D eigenvalue weighted by atomic mass is 32.2. The highest BCUT2D eigenvalue weighted by molar-refractivity contribution is 7.91. The summed E-state index contributed by atoms with van der Waals surface area (Å²) in [5.74, 6) is 4.65. The van der Waals surface area contributed by atoms with Crippen LogP contribution in [0.15, 0.2) is 164 Å². The van der Waals surface area contributed by atoms with Crippen LogP contribution in [0.3, 0.4) is 0 Å². The number of carbonyl (C=O) groups is 4. The fourth-order valence-electron chi connectivity index (χ4n) is 17.4. The van der Waals surface area contributed by atoms with Crippen molar-refractivity contribution in [1.82, 2.24) is 78.7 Å². The molecule has 8 atom stereocenters. The van der Waals surface area contributed by atoms with Crippen LogP contribution in [-0.4, -0.2) is 266 Å². The molecule has 12 heterocycles. The number of likely N-dealkylation sites (tertiary alicyclic amines) is 4. The van der Waals surface area contributed by atoms with Crippen LogP contribution < -0.4 is 37.9 Å². The second-order valence-corrected chi connectivity index (χ2v) is 42.2. The average molecular weight is 1950 g/mol. The van der Waals surface area contributed by atoms with Gasteiger partial charge < -0.3 is 75.2 Å². The summed E-state index contributed by atoms with van der Waals surface area (Å²) in [4.78, 5) is 56.1. The zero-order valence-corrected chi connectivity index (χ0v) is 81.6. The molecule has 4 fully saturated rings. The van der Waals surface area contributed by atoms with Crippen molar-refractivity contribution in [2.45, 2.75) is 128 Å². The van der Waals surface area contributed by atoms with Crippen molar-refractivity contribution in [2.75, 3.05) is 106 Å². The zero-order chi connectivity index (χ0) is 97.8. The molecule has 0 radical (unpaired) electrons. The number of hydrogen-bond donors (Lipinski definition) is 0. The highest BCUT2D eigenvalue weighted by Crippen LogP contribution is 2.43. The zero-order valence-electron chi connectivity index (χ0n) is 78.4. The quantitative estimate of drug-likeness (QED) is 0.0352. The molecule has 0 N–H and O–H groups in total. The number of methoxy groups -OCH3 is 8. The molecule has 0 aliphatic carbocycles. The van der Waals surface area contributed by atoms with E-state index < -0.39 is 39.3 Å². The standard InChI is InChI=1S/4C23H28N4O6S/c4*1-15-13-16(2)26(23(15)28)10-12-34(29,30)14-20-24-25-22(19-9-6-11-33-19)27(20)21-17(31-3)7-5-8-18(21)32-4/h4*5-9,11,15-16H,10,12-14H2,1-4H3/t2*15-,16+;2*15-,16-/m1010/s1.